The van der Waals surface area contributed by atoms with Crippen LogP contribution in [0.4, 0.5) is 0 Å². The molecule has 0 amide bonds. The van der Waals surface area contributed by atoms with Crippen LogP contribution in [-0.4, -0.2) is 5.11 Å². The second kappa shape index (κ2) is 3.62. The van der Waals surface area contributed by atoms with Gasteiger partial charge in [0.15, 0.2) is 5.43 Å². The van der Waals surface area contributed by atoms with Gasteiger partial charge in [-0.15, -0.1) is 0 Å². The highest BCUT2D eigenvalue weighted by Gasteiger charge is 2.20. The number of fused-ring (bicyclic) bond motifs is 2. The maximum absolute atomic E-state index is 12.3. The van der Waals surface area contributed by atoms with Crippen molar-refractivity contribution in [2.24, 2.45) is 0 Å². The third-order valence-electron chi connectivity index (χ3n) is 3.48. The minimum Gasteiger partial charge on any atom is -0.508 e. The Morgan fingerprint density at radius 3 is 2.94 bits per heavy atom. The minimum atomic E-state index is 0.0773. The minimum absolute atomic E-state index is 0.0773. The molecule has 0 atom stereocenters. The van der Waals surface area contributed by atoms with Crippen molar-refractivity contribution >= 4 is 11.0 Å². The van der Waals surface area contributed by atoms with Gasteiger partial charge in [0.05, 0.1) is 5.39 Å². The predicted octanol–water partition coefficient (Wildman–Crippen LogP) is 2.55. The first-order valence-electron chi connectivity index (χ1n) is 6.01. The number of hydrogen-bond donors (Lipinski definition) is 1. The molecule has 1 N–H and O–H groups in total. The van der Waals surface area contributed by atoms with Gasteiger partial charge in [0.2, 0.25) is 0 Å². The molecule has 0 saturated carbocycles. The summed E-state index contributed by atoms with van der Waals surface area (Å²) in [5.74, 6) is 1.01. The van der Waals surface area contributed by atoms with E-state index in [-0.39, 0.29) is 11.2 Å². The van der Waals surface area contributed by atoms with Gasteiger partial charge in [-0.05, 0) is 30.9 Å². The van der Waals surface area contributed by atoms with Crippen molar-refractivity contribution in [3.63, 3.8) is 0 Å². The topological polar surface area (TPSA) is 50.4 Å². The average Bonchev–Trinajstić information content (AvgIpc) is 2.77. The molecular weight excluding hydrogens is 216 g/mol. The molecular formula is C14H14O3. The first kappa shape index (κ1) is 10.4. The molecule has 17 heavy (non-hydrogen) atoms. The van der Waals surface area contributed by atoms with Crippen LogP contribution in [0.25, 0.3) is 11.0 Å². The van der Waals surface area contributed by atoms with Crippen LogP contribution in [0.5, 0.6) is 5.75 Å². The van der Waals surface area contributed by atoms with E-state index >= 15 is 0 Å². The largest absolute Gasteiger partial charge is 0.508 e. The Bertz CT molecular complexity index is 653. The van der Waals surface area contributed by atoms with E-state index in [0.29, 0.717) is 17.4 Å². The van der Waals surface area contributed by atoms with Crippen molar-refractivity contribution in [2.75, 3.05) is 0 Å². The van der Waals surface area contributed by atoms with Crippen molar-refractivity contribution in [1.82, 2.24) is 0 Å². The summed E-state index contributed by atoms with van der Waals surface area (Å²) in [6.45, 7) is 1.95. The number of phenols is 1. The second-order valence-electron chi connectivity index (χ2n) is 4.52. The maximum Gasteiger partial charge on any atom is 0.196 e. The van der Waals surface area contributed by atoms with Crippen LogP contribution in [0.15, 0.2) is 21.3 Å². The summed E-state index contributed by atoms with van der Waals surface area (Å²) >= 11 is 0. The molecule has 88 valence electrons. The van der Waals surface area contributed by atoms with Gasteiger partial charge in [-0.25, -0.2) is 0 Å². The summed E-state index contributed by atoms with van der Waals surface area (Å²) < 4.78 is 5.71. The fraction of sp³-hybridized carbons (Fsp3) is 0.357. The lowest BCUT2D eigenvalue weighted by molar-refractivity contribution is 0.466. The first-order valence-corrected chi connectivity index (χ1v) is 6.01. The molecule has 0 spiro atoms. The Balaban J connectivity index is 2.40. The number of phenolic OH excluding ortho intramolecular Hbond substituents is 1. The normalized spacial score (nSPS) is 14.2. The zero-order chi connectivity index (χ0) is 12.0. The van der Waals surface area contributed by atoms with Crippen LogP contribution in [0.1, 0.15) is 30.2 Å². The van der Waals surface area contributed by atoms with Crippen LogP contribution in [-0.2, 0) is 19.3 Å². The van der Waals surface area contributed by atoms with Crippen LogP contribution in [0.3, 0.4) is 0 Å². The van der Waals surface area contributed by atoms with E-state index in [2.05, 4.69) is 0 Å². The van der Waals surface area contributed by atoms with Crippen LogP contribution < -0.4 is 5.43 Å². The molecule has 1 aromatic carbocycles. The molecule has 1 aromatic heterocycles. The quantitative estimate of drug-likeness (QED) is 0.819. The summed E-state index contributed by atoms with van der Waals surface area (Å²) in [5.41, 5.74) is 2.20. The smallest absolute Gasteiger partial charge is 0.196 e. The van der Waals surface area contributed by atoms with E-state index in [9.17, 15) is 9.90 Å². The highest BCUT2D eigenvalue weighted by atomic mass is 16.3. The molecule has 1 aliphatic rings. The molecule has 0 saturated heterocycles. The summed E-state index contributed by atoms with van der Waals surface area (Å²) in [6.07, 6.45) is 3.34. The molecule has 0 radical (unpaired) electrons. The van der Waals surface area contributed by atoms with Crippen molar-refractivity contribution < 1.29 is 9.52 Å². The lowest BCUT2D eigenvalue weighted by Crippen LogP contribution is -2.08. The van der Waals surface area contributed by atoms with Crippen LogP contribution >= 0.6 is 0 Å². The summed E-state index contributed by atoms with van der Waals surface area (Å²) in [5, 5.41) is 10.4. The monoisotopic (exact) mass is 230 g/mol. The lowest BCUT2D eigenvalue weighted by atomic mass is 10.1. The van der Waals surface area contributed by atoms with Gasteiger partial charge in [-0.3, -0.25) is 4.79 Å². The van der Waals surface area contributed by atoms with Gasteiger partial charge < -0.3 is 9.52 Å². The van der Waals surface area contributed by atoms with E-state index < -0.39 is 0 Å². The Hall–Kier alpha value is -1.77. The highest BCUT2D eigenvalue weighted by molar-refractivity contribution is 5.80. The van der Waals surface area contributed by atoms with Gasteiger partial charge in [0.25, 0.3) is 0 Å². The SMILES string of the molecule is CCc1cc2c(=O)c3c(oc2cc1O)CCC3. The van der Waals surface area contributed by atoms with E-state index in [0.717, 1.165) is 36.1 Å². The highest BCUT2D eigenvalue weighted by Crippen LogP contribution is 2.28. The van der Waals surface area contributed by atoms with Crippen molar-refractivity contribution in [3.8, 4) is 5.75 Å². The van der Waals surface area contributed by atoms with Crippen molar-refractivity contribution in [3.05, 3.63) is 39.2 Å². The molecule has 3 rings (SSSR count). The zero-order valence-corrected chi connectivity index (χ0v) is 9.75. The molecule has 2 aromatic rings. The summed E-state index contributed by atoms with van der Waals surface area (Å²) in [6, 6.07) is 3.32. The van der Waals surface area contributed by atoms with Gasteiger partial charge in [-0.2, -0.15) is 0 Å². The Morgan fingerprint density at radius 1 is 1.35 bits per heavy atom. The van der Waals surface area contributed by atoms with Gasteiger partial charge in [-0.1, -0.05) is 6.92 Å². The van der Waals surface area contributed by atoms with Crippen molar-refractivity contribution in [1.29, 1.82) is 0 Å². The Morgan fingerprint density at radius 2 is 2.18 bits per heavy atom. The standard InChI is InChI=1S/C14H14O3/c1-2-8-6-10-13(7-11(8)15)17-12-5-3-4-9(12)14(10)16/h6-7,15H,2-5H2,1H3. The van der Waals surface area contributed by atoms with Crippen LogP contribution in [0.2, 0.25) is 0 Å². The predicted molar refractivity (Wildman–Crippen MR) is 65.6 cm³/mol. The molecule has 0 fully saturated rings. The molecule has 1 heterocycles. The number of aryl methyl sites for hydroxylation is 2. The van der Waals surface area contributed by atoms with Crippen molar-refractivity contribution in [2.45, 2.75) is 32.6 Å². The van der Waals surface area contributed by atoms with Crippen LogP contribution in [0, 0.1) is 0 Å². The Kier molecular flexibility index (Phi) is 2.21. The van der Waals surface area contributed by atoms with E-state index in [1.54, 1.807) is 12.1 Å². The van der Waals surface area contributed by atoms with E-state index in [4.69, 9.17) is 4.42 Å². The lowest BCUT2D eigenvalue weighted by Gasteiger charge is -2.06. The fourth-order valence-corrected chi connectivity index (χ4v) is 2.52. The fourth-order valence-electron chi connectivity index (χ4n) is 2.52. The second-order valence-corrected chi connectivity index (χ2v) is 4.52. The average molecular weight is 230 g/mol. The number of rotatable bonds is 1. The molecule has 1 aliphatic carbocycles. The number of hydrogen-bond acceptors (Lipinski definition) is 3. The maximum atomic E-state index is 12.3. The third kappa shape index (κ3) is 1.46. The number of aromatic hydroxyl groups is 1. The first-order chi connectivity index (χ1) is 8.20. The summed E-state index contributed by atoms with van der Waals surface area (Å²) in [4.78, 5) is 12.3. The van der Waals surface area contributed by atoms with Gasteiger partial charge in [0.1, 0.15) is 17.1 Å². The Labute approximate surface area is 98.7 Å². The molecule has 0 unspecified atom stereocenters. The zero-order valence-electron chi connectivity index (χ0n) is 9.75. The molecule has 0 bridgehead atoms. The van der Waals surface area contributed by atoms with E-state index in [1.807, 2.05) is 6.92 Å². The molecule has 3 nitrogen and oxygen atoms in total. The van der Waals surface area contributed by atoms with Gasteiger partial charge >= 0.3 is 0 Å². The number of benzene rings is 1. The van der Waals surface area contributed by atoms with Gasteiger partial charge in [0, 0.05) is 18.1 Å². The molecule has 3 heteroatoms. The molecule has 0 aliphatic heterocycles. The third-order valence-corrected chi connectivity index (χ3v) is 3.48. The van der Waals surface area contributed by atoms with E-state index in [1.165, 1.54) is 0 Å². The summed E-state index contributed by atoms with van der Waals surface area (Å²) in [7, 11) is 0.